The maximum Gasteiger partial charge on any atom is 0.307 e. The van der Waals surface area contributed by atoms with Crippen LogP contribution in [0.1, 0.15) is 37.3 Å². The fourth-order valence-electron chi connectivity index (χ4n) is 4.95. The Bertz CT molecular complexity index is 1280. The van der Waals surface area contributed by atoms with Crippen molar-refractivity contribution in [2.45, 2.75) is 31.6 Å². The number of carbonyl (C=O) groups is 1. The standard InChI is InChI=1S/C26H28N2O5S2/c29-25(30)22-9-5-4-8-21(22)23-24(34-26(27-23)33-20-6-2-1-3-7-20)18-10-12-19(13-11-18)28-14-16-35(31,32)17-15-28/h1-3,6-7,10-13,21-22H,4-5,8-9,14-17H2,(H,29,30). The maximum absolute atomic E-state index is 12.0. The van der Waals surface area contributed by atoms with Crippen LogP contribution in [0, 0.1) is 5.92 Å². The van der Waals surface area contributed by atoms with Gasteiger partial charge in [0.25, 0.3) is 5.19 Å². The third-order valence-corrected chi connectivity index (χ3v) is 9.46. The van der Waals surface area contributed by atoms with E-state index in [0.29, 0.717) is 30.5 Å². The topological polar surface area (TPSA) is 96.8 Å². The van der Waals surface area contributed by atoms with Gasteiger partial charge in [0.1, 0.15) is 5.75 Å². The smallest absolute Gasteiger partial charge is 0.307 e. The number of thiazole rings is 1. The van der Waals surface area contributed by atoms with E-state index < -0.39 is 21.7 Å². The molecule has 184 valence electrons. The summed E-state index contributed by atoms with van der Waals surface area (Å²) >= 11 is 1.44. The van der Waals surface area contributed by atoms with Gasteiger partial charge in [-0.05, 0) is 42.7 Å². The van der Waals surface area contributed by atoms with Crippen LogP contribution >= 0.6 is 11.3 Å². The molecule has 1 saturated carbocycles. The number of benzene rings is 2. The van der Waals surface area contributed by atoms with Crippen LogP contribution in [-0.2, 0) is 14.6 Å². The Morgan fingerprint density at radius 3 is 2.37 bits per heavy atom. The zero-order valence-electron chi connectivity index (χ0n) is 19.3. The van der Waals surface area contributed by atoms with Crippen LogP contribution in [0.25, 0.3) is 10.4 Å². The van der Waals surface area contributed by atoms with Crippen molar-refractivity contribution >= 4 is 32.8 Å². The highest BCUT2D eigenvalue weighted by atomic mass is 32.2. The number of ether oxygens (including phenoxy) is 1. The molecule has 1 N–H and O–H groups in total. The molecule has 2 aliphatic rings. The highest BCUT2D eigenvalue weighted by Gasteiger charge is 2.36. The predicted molar refractivity (Wildman–Crippen MR) is 137 cm³/mol. The molecule has 2 atom stereocenters. The molecular formula is C26H28N2O5S2. The number of carboxylic acid groups (broad SMARTS) is 1. The third kappa shape index (κ3) is 5.36. The second-order valence-electron chi connectivity index (χ2n) is 9.13. The van der Waals surface area contributed by atoms with Gasteiger partial charge in [-0.1, -0.05) is 54.5 Å². The number of aromatic nitrogens is 1. The Balaban J connectivity index is 1.47. The van der Waals surface area contributed by atoms with Gasteiger partial charge in [0.2, 0.25) is 0 Å². The number of rotatable bonds is 6. The molecule has 9 heteroatoms. The summed E-state index contributed by atoms with van der Waals surface area (Å²) in [6, 6.07) is 17.5. The van der Waals surface area contributed by atoms with Crippen molar-refractivity contribution in [1.29, 1.82) is 0 Å². The van der Waals surface area contributed by atoms with Gasteiger partial charge in [0.05, 0.1) is 28.0 Å². The van der Waals surface area contributed by atoms with Crippen LogP contribution in [0.4, 0.5) is 5.69 Å². The minimum absolute atomic E-state index is 0.160. The van der Waals surface area contributed by atoms with E-state index in [2.05, 4.69) is 4.90 Å². The second-order valence-corrected chi connectivity index (χ2v) is 12.4. The molecule has 1 aliphatic heterocycles. The minimum Gasteiger partial charge on any atom is -0.481 e. The van der Waals surface area contributed by atoms with E-state index in [9.17, 15) is 18.3 Å². The zero-order chi connectivity index (χ0) is 24.4. The predicted octanol–water partition coefficient (Wildman–Crippen LogP) is 5.20. The number of nitrogens with zero attached hydrogens (tertiary/aromatic N) is 2. The molecule has 2 fully saturated rings. The summed E-state index contributed by atoms with van der Waals surface area (Å²) in [5.74, 6) is -0.350. The molecule has 1 aromatic heterocycles. The average molecular weight is 513 g/mol. The van der Waals surface area contributed by atoms with E-state index in [1.165, 1.54) is 11.3 Å². The van der Waals surface area contributed by atoms with Gasteiger partial charge < -0.3 is 14.7 Å². The first kappa shape index (κ1) is 23.8. The van der Waals surface area contributed by atoms with Gasteiger partial charge in [-0.25, -0.2) is 13.4 Å². The van der Waals surface area contributed by atoms with E-state index in [4.69, 9.17) is 9.72 Å². The molecule has 3 aromatic rings. The monoisotopic (exact) mass is 512 g/mol. The Hall–Kier alpha value is -2.91. The zero-order valence-corrected chi connectivity index (χ0v) is 20.9. The van der Waals surface area contributed by atoms with Gasteiger partial charge in [0.15, 0.2) is 9.84 Å². The molecule has 2 aromatic carbocycles. The lowest BCUT2D eigenvalue weighted by molar-refractivity contribution is -0.143. The fraction of sp³-hybridized carbons (Fsp3) is 0.385. The van der Waals surface area contributed by atoms with Crippen molar-refractivity contribution in [2.75, 3.05) is 29.5 Å². The molecule has 0 spiro atoms. The molecule has 5 rings (SSSR count). The van der Waals surface area contributed by atoms with Crippen LogP contribution in [-0.4, -0.2) is 49.1 Å². The van der Waals surface area contributed by atoms with Crippen molar-refractivity contribution < 1.29 is 23.1 Å². The van der Waals surface area contributed by atoms with Crippen LogP contribution in [0.2, 0.25) is 0 Å². The normalized spacial score (nSPS) is 22.0. The first-order chi connectivity index (χ1) is 16.9. The first-order valence-corrected chi connectivity index (χ1v) is 14.6. The molecule has 0 bridgehead atoms. The van der Waals surface area contributed by atoms with Crippen molar-refractivity contribution in [3.05, 3.63) is 60.3 Å². The Morgan fingerprint density at radius 1 is 1.00 bits per heavy atom. The fourth-order valence-corrected chi connectivity index (χ4v) is 7.16. The number of sulfone groups is 1. The summed E-state index contributed by atoms with van der Waals surface area (Å²) in [5.41, 5.74) is 2.74. The molecular weight excluding hydrogens is 484 g/mol. The molecule has 1 aliphatic carbocycles. The molecule has 2 heterocycles. The quantitative estimate of drug-likeness (QED) is 0.485. The number of carboxylic acids is 1. The van der Waals surface area contributed by atoms with Crippen molar-refractivity contribution in [2.24, 2.45) is 5.92 Å². The number of aliphatic carboxylic acids is 1. The van der Waals surface area contributed by atoms with Gasteiger partial charge in [-0.3, -0.25) is 4.79 Å². The van der Waals surface area contributed by atoms with Crippen LogP contribution in [0.15, 0.2) is 54.6 Å². The number of hydrogen-bond donors (Lipinski definition) is 1. The lowest BCUT2D eigenvalue weighted by atomic mass is 9.77. The van der Waals surface area contributed by atoms with Crippen LogP contribution in [0.3, 0.4) is 0 Å². The lowest BCUT2D eigenvalue weighted by Gasteiger charge is -2.29. The van der Waals surface area contributed by atoms with Gasteiger partial charge in [-0.2, -0.15) is 0 Å². The maximum atomic E-state index is 12.0. The molecule has 0 radical (unpaired) electrons. The molecule has 2 unspecified atom stereocenters. The molecule has 1 saturated heterocycles. The molecule has 0 amide bonds. The van der Waals surface area contributed by atoms with E-state index in [-0.39, 0.29) is 17.4 Å². The Morgan fingerprint density at radius 2 is 1.69 bits per heavy atom. The third-order valence-electron chi connectivity index (χ3n) is 6.86. The largest absolute Gasteiger partial charge is 0.481 e. The summed E-state index contributed by atoms with van der Waals surface area (Å²) in [6.45, 7) is 0.982. The van der Waals surface area contributed by atoms with Crippen LogP contribution < -0.4 is 9.64 Å². The highest BCUT2D eigenvalue weighted by Crippen LogP contribution is 2.46. The van der Waals surface area contributed by atoms with E-state index in [0.717, 1.165) is 41.1 Å². The highest BCUT2D eigenvalue weighted by molar-refractivity contribution is 7.91. The molecule has 35 heavy (non-hydrogen) atoms. The summed E-state index contributed by atoms with van der Waals surface area (Å²) in [7, 11) is -2.94. The summed E-state index contributed by atoms with van der Waals surface area (Å²) in [5, 5.41) is 10.4. The lowest BCUT2D eigenvalue weighted by Crippen LogP contribution is -2.40. The summed E-state index contributed by atoms with van der Waals surface area (Å²) in [4.78, 5) is 19.9. The minimum atomic E-state index is -2.94. The van der Waals surface area contributed by atoms with Gasteiger partial charge in [0, 0.05) is 24.7 Å². The first-order valence-electron chi connectivity index (χ1n) is 11.9. The SMILES string of the molecule is O=C(O)C1CCCCC1c1nc(Oc2ccccc2)sc1-c1ccc(N2CCS(=O)(=O)CC2)cc1. The van der Waals surface area contributed by atoms with Crippen LogP contribution in [0.5, 0.6) is 10.9 Å². The van der Waals surface area contributed by atoms with Gasteiger partial charge >= 0.3 is 5.97 Å². The van der Waals surface area contributed by atoms with E-state index in [1.807, 2.05) is 54.6 Å². The average Bonchev–Trinajstić information content (AvgIpc) is 3.28. The molecule has 7 nitrogen and oxygen atoms in total. The van der Waals surface area contributed by atoms with E-state index >= 15 is 0 Å². The summed E-state index contributed by atoms with van der Waals surface area (Å²) < 4.78 is 29.6. The van der Waals surface area contributed by atoms with Crippen molar-refractivity contribution in [3.63, 3.8) is 0 Å². The van der Waals surface area contributed by atoms with E-state index in [1.54, 1.807) is 0 Å². The van der Waals surface area contributed by atoms with Gasteiger partial charge in [-0.15, -0.1) is 0 Å². The summed E-state index contributed by atoms with van der Waals surface area (Å²) in [6.07, 6.45) is 3.35. The van der Waals surface area contributed by atoms with Crippen molar-refractivity contribution in [1.82, 2.24) is 4.98 Å². The second kappa shape index (κ2) is 9.99. The van der Waals surface area contributed by atoms with Crippen molar-refractivity contribution in [3.8, 4) is 21.4 Å². The Kier molecular flexibility index (Phi) is 6.80. The number of para-hydroxylation sites is 1. The number of hydrogen-bond acceptors (Lipinski definition) is 7. The number of anilines is 1. The Labute approximate surface area is 209 Å².